The lowest BCUT2D eigenvalue weighted by Gasteiger charge is -2.16. The fraction of sp³-hybridized carbons (Fsp3) is 0.176. The van der Waals surface area contributed by atoms with E-state index < -0.39 is 0 Å². The molecule has 0 saturated carbocycles. The van der Waals surface area contributed by atoms with Crippen molar-refractivity contribution in [2.24, 2.45) is 0 Å². The maximum absolute atomic E-state index is 10.1. The molecule has 0 aromatic heterocycles. The van der Waals surface area contributed by atoms with Gasteiger partial charge < -0.3 is 5.11 Å². The van der Waals surface area contributed by atoms with Crippen LogP contribution in [-0.4, -0.2) is 5.11 Å². The third-order valence-corrected chi connectivity index (χ3v) is 3.81. The zero-order chi connectivity index (χ0) is 12.7. The number of hydrogen-bond donors (Lipinski definition) is 1. The molecule has 0 radical (unpaired) electrons. The van der Waals surface area contributed by atoms with Crippen LogP contribution in [-0.2, 0) is 0 Å². The minimum absolute atomic E-state index is 0.271. The van der Waals surface area contributed by atoms with Gasteiger partial charge in [-0.2, -0.15) is 0 Å². The van der Waals surface area contributed by atoms with Gasteiger partial charge in [0.15, 0.2) is 0 Å². The fourth-order valence-corrected chi connectivity index (χ4v) is 2.71. The second kappa shape index (κ2) is 4.02. The molecule has 0 spiro atoms. The number of benzene rings is 2. The van der Waals surface area contributed by atoms with E-state index in [1.165, 1.54) is 16.7 Å². The van der Waals surface area contributed by atoms with E-state index in [2.05, 4.69) is 42.5 Å². The second-order valence-corrected chi connectivity index (χ2v) is 4.91. The third-order valence-electron chi connectivity index (χ3n) is 3.81. The number of hydrogen-bond acceptors (Lipinski definition) is 1. The lowest BCUT2D eigenvalue weighted by Crippen LogP contribution is -1.99. The zero-order valence-corrected chi connectivity index (χ0v) is 10.6. The second-order valence-electron chi connectivity index (χ2n) is 4.91. The summed E-state index contributed by atoms with van der Waals surface area (Å²) in [7, 11) is 0. The standard InChI is InChI=1S/C17H16O/c1-11-7-9-14(12(2)17(11)18)16-10-8-13-5-3-4-6-15(13)16/h3-10,16,18H,1-2H3. The van der Waals surface area contributed by atoms with Crippen molar-refractivity contribution >= 4 is 6.08 Å². The van der Waals surface area contributed by atoms with Crippen LogP contribution >= 0.6 is 0 Å². The van der Waals surface area contributed by atoms with Crippen LogP contribution in [0.15, 0.2) is 42.5 Å². The van der Waals surface area contributed by atoms with Crippen molar-refractivity contribution in [2.45, 2.75) is 19.8 Å². The van der Waals surface area contributed by atoms with E-state index in [1.54, 1.807) is 0 Å². The Kier molecular flexibility index (Phi) is 2.48. The first-order valence-electron chi connectivity index (χ1n) is 6.24. The number of aromatic hydroxyl groups is 1. The largest absolute Gasteiger partial charge is 0.507 e. The number of fused-ring (bicyclic) bond motifs is 1. The predicted octanol–water partition coefficient (Wildman–Crippen LogP) is 4.17. The van der Waals surface area contributed by atoms with Crippen molar-refractivity contribution < 1.29 is 5.11 Å². The Bertz CT molecular complexity index is 638. The van der Waals surface area contributed by atoms with Gasteiger partial charge >= 0.3 is 0 Å². The van der Waals surface area contributed by atoms with Crippen LogP contribution in [0.4, 0.5) is 0 Å². The molecule has 0 fully saturated rings. The average Bonchev–Trinajstić information content (AvgIpc) is 2.80. The summed E-state index contributed by atoms with van der Waals surface area (Å²) in [4.78, 5) is 0. The predicted molar refractivity (Wildman–Crippen MR) is 74.9 cm³/mol. The summed E-state index contributed by atoms with van der Waals surface area (Å²) in [6.07, 6.45) is 4.37. The molecule has 1 aliphatic rings. The molecule has 3 rings (SSSR count). The minimum Gasteiger partial charge on any atom is -0.507 e. The Balaban J connectivity index is 2.14. The minimum atomic E-state index is 0.271. The van der Waals surface area contributed by atoms with Gasteiger partial charge in [-0.25, -0.2) is 0 Å². The summed E-state index contributed by atoms with van der Waals surface area (Å²) in [6.45, 7) is 3.93. The van der Waals surface area contributed by atoms with Crippen molar-refractivity contribution in [1.82, 2.24) is 0 Å². The normalized spacial score (nSPS) is 16.9. The smallest absolute Gasteiger partial charge is 0.121 e. The van der Waals surface area contributed by atoms with Crippen LogP contribution in [0, 0.1) is 13.8 Å². The number of aryl methyl sites for hydroxylation is 1. The van der Waals surface area contributed by atoms with E-state index in [4.69, 9.17) is 0 Å². The van der Waals surface area contributed by atoms with E-state index in [9.17, 15) is 5.11 Å². The molecule has 2 aromatic rings. The summed E-state index contributed by atoms with van der Waals surface area (Å²) in [5.41, 5.74) is 5.72. The maximum atomic E-state index is 10.1. The van der Waals surface area contributed by atoms with Crippen LogP contribution in [0.1, 0.15) is 33.7 Å². The molecule has 0 aliphatic heterocycles. The van der Waals surface area contributed by atoms with Crippen molar-refractivity contribution in [3.05, 3.63) is 70.3 Å². The highest BCUT2D eigenvalue weighted by molar-refractivity contribution is 5.66. The first-order chi connectivity index (χ1) is 8.68. The summed E-state index contributed by atoms with van der Waals surface area (Å²) in [5.74, 6) is 0.693. The lowest BCUT2D eigenvalue weighted by atomic mass is 9.89. The van der Waals surface area contributed by atoms with E-state index >= 15 is 0 Å². The van der Waals surface area contributed by atoms with Gasteiger partial charge in [0.25, 0.3) is 0 Å². The Morgan fingerprint density at radius 3 is 2.56 bits per heavy atom. The van der Waals surface area contributed by atoms with Crippen LogP contribution in [0.2, 0.25) is 0 Å². The van der Waals surface area contributed by atoms with Gasteiger partial charge in [0.05, 0.1) is 0 Å². The summed E-state index contributed by atoms with van der Waals surface area (Å²) in [6, 6.07) is 12.5. The third kappa shape index (κ3) is 1.55. The van der Waals surface area contributed by atoms with Gasteiger partial charge in [-0.3, -0.25) is 0 Å². The van der Waals surface area contributed by atoms with Gasteiger partial charge in [-0.05, 0) is 41.7 Å². The molecule has 1 heteroatoms. The first-order valence-corrected chi connectivity index (χ1v) is 6.24. The highest BCUT2D eigenvalue weighted by Crippen LogP contribution is 2.39. The highest BCUT2D eigenvalue weighted by atomic mass is 16.3. The van der Waals surface area contributed by atoms with Gasteiger partial charge in [0.1, 0.15) is 5.75 Å². The van der Waals surface area contributed by atoms with Crippen molar-refractivity contribution in [1.29, 1.82) is 0 Å². The quantitative estimate of drug-likeness (QED) is 0.788. The van der Waals surface area contributed by atoms with E-state index in [0.717, 1.165) is 11.1 Å². The zero-order valence-electron chi connectivity index (χ0n) is 10.6. The summed E-state index contributed by atoms with van der Waals surface area (Å²) in [5, 5.41) is 10.1. The monoisotopic (exact) mass is 236 g/mol. The molecule has 0 heterocycles. The molecular formula is C17H16O. The highest BCUT2D eigenvalue weighted by Gasteiger charge is 2.21. The van der Waals surface area contributed by atoms with E-state index in [1.807, 2.05) is 19.9 Å². The molecule has 0 amide bonds. The Morgan fingerprint density at radius 1 is 0.944 bits per heavy atom. The molecule has 1 nitrogen and oxygen atoms in total. The van der Waals surface area contributed by atoms with Crippen molar-refractivity contribution in [3.8, 4) is 5.75 Å². The van der Waals surface area contributed by atoms with Gasteiger partial charge in [0, 0.05) is 5.92 Å². The number of allylic oxidation sites excluding steroid dienone is 1. The van der Waals surface area contributed by atoms with Crippen LogP contribution in [0.5, 0.6) is 5.75 Å². The topological polar surface area (TPSA) is 20.2 Å². The van der Waals surface area contributed by atoms with E-state index in [0.29, 0.717) is 5.75 Å². The van der Waals surface area contributed by atoms with Crippen molar-refractivity contribution in [3.63, 3.8) is 0 Å². The van der Waals surface area contributed by atoms with Crippen LogP contribution < -0.4 is 0 Å². The summed E-state index contributed by atoms with van der Waals surface area (Å²) < 4.78 is 0. The Morgan fingerprint density at radius 2 is 1.72 bits per heavy atom. The first kappa shape index (κ1) is 11.1. The molecule has 2 aromatic carbocycles. The fourth-order valence-electron chi connectivity index (χ4n) is 2.71. The Labute approximate surface area is 107 Å². The number of rotatable bonds is 1. The Hall–Kier alpha value is -2.02. The lowest BCUT2D eigenvalue weighted by molar-refractivity contribution is 0.466. The molecule has 1 aliphatic carbocycles. The van der Waals surface area contributed by atoms with Crippen molar-refractivity contribution in [2.75, 3.05) is 0 Å². The summed E-state index contributed by atoms with van der Waals surface area (Å²) >= 11 is 0. The maximum Gasteiger partial charge on any atom is 0.121 e. The molecule has 0 bridgehead atoms. The number of phenols is 1. The number of phenolic OH excluding ortho intramolecular Hbond substituents is 1. The molecule has 0 saturated heterocycles. The molecule has 1 atom stereocenters. The molecular weight excluding hydrogens is 220 g/mol. The molecule has 18 heavy (non-hydrogen) atoms. The van der Waals surface area contributed by atoms with E-state index in [-0.39, 0.29) is 5.92 Å². The van der Waals surface area contributed by atoms with Crippen LogP contribution in [0.25, 0.3) is 6.08 Å². The molecule has 1 unspecified atom stereocenters. The molecule has 1 N–H and O–H groups in total. The average molecular weight is 236 g/mol. The van der Waals surface area contributed by atoms with Crippen LogP contribution in [0.3, 0.4) is 0 Å². The van der Waals surface area contributed by atoms with Gasteiger partial charge in [0.2, 0.25) is 0 Å². The SMILES string of the molecule is Cc1ccc(C2C=Cc3ccccc32)c(C)c1O. The van der Waals surface area contributed by atoms with Gasteiger partial charge in [-0.15, -0.1) is 0 Å². The molecule has 90 valence electrons. The van der Waals surface area contributed by atoms with Gasteiger partial charge in [-0.1, -0.05) is 48.6 Å².